The van der Waals surface area contributed by atoms with Crippen LogP contribution in [0.1, 0.15) is 30.7 Å². The third-order valence-electron chi connectivity index (χ3n) is 5.11. The molecule has 2 heterocycles. The molecule has 5 heteroatoms. The quantitative estimate of drug-likeness (QED) is 0.493. The largest absolute Gasteiger partial charge is 0.469 e. The summed E-state index contributed by atoms with van der Waals surface area (Å²) in [5.41, 5.74) is 1.27. The van der Waals surface area contributed by atoms with E-state index in [1.807, 2.05) is 0 Å². The van der Waals surface area contributed by atoms with Crippen LogP contribution in [0.4, 0.5) is 0 Å². The number of hydrogen-bond donors (Lipinski definition) is 0. The van der Waals surface area contributed by atoms with Crippen molar-refractivity contribution in [2.24, 2.45) is 5.92 Å². The summed E-state index contributed by atoms with van der Waals surface area (Å²) in [6, 6.07) is 7.36. The predicted molar refractivity (Wildman–Crippen MR) is 94.3 cm³/mol. The Bertz CT molecular complexity index is 565. The van der Waals surface area contributed by atoms with E-state index in [2.05, 4.69) is 68.7 Å². The summed E-state index contributed by atoms with van der Waals surface area (Å²) in [5.74, 6) is 0.165. The molecule has 0 saturated carbocycles. The zero-order valence-electron chi connectivity index (χ0n) is 12.2. The van der Waals surface area contributed by atoms with Crippen molar-refractivity contribution in [1.29, 1.82) is 0 Å². The molecule has 1 aromatic rings. The Labute approximate surface area is 147 Å². The van der Waals surface area contributed by atoms with Crippen molar-refractivity contribution in [2.75, 3.05) is 14.2 Å². The first-order valence-corrected chi connectivity index (χ1v) is 9.14. The van der Waals surface area contributed by atoms with Crippen LogP contribution in [0.15, 0.2) is 22.7 Å². The van der Waals surface area contributed by atoms with Crippen LogP contribution in [-0.2, 0) is 9.53 Å². The molecule has 2 aliphatic rings. The molecule has 0 aliphatic carbocycles. The number of methoxy groups -OCH3 is 1. The number of halogens is 2. The van der Waals surface area contributed by atoms with Gasteiger partial charge >= 0.3 is 5.97 Å². The Morgan fingerprint density at radius 1 is 1.43 bits per heavy atom. The maximum absolute atomic E-state index is 12.4. The minimum absolute atomic E-state index is 0.0456. The lowest BCUT2D eigenvalue weighted by Gasteiger charge is -2.41. The van der Waals surface area contributed by atoms with E-state index in [0.29, 0.717) is 12.1 Å². The number of hydrogen-bond acceptors (Lipinski definition) is 3. The van der Waals surface area contributed by atoms with Gasteiger partial charge in [-0.25, -0.2) is 0 Å². The minimum Gasteiger partial charge on any atom is -0.469 e. The number of benzene rings is 1. The van der Waals surface area contributed by atoms with Crippen molar-refractivity contribution >= 4 is 44.5 Å². The van der Waals surface area contributed by atoms with Crippen LogP contribution >= 0.6 is 38.5 Å². The maximum Gasteiger partial charge on any atom is 0.310 e. The van der Waals surface area contributed by atoms with E-state index in [9.17, 15) is 4.79 Å². The van der Waals surface area contributed by atoms with E-state index in [4.69, 9.17) is 4.74 Å². The average Bonchev–Trinajstić information content (AvgIpc) is 2.72. The molecule has 3 rings (SSSR count). The molecule has 2 aliphatic heterocycles. The van der Waals surface area contributed by atoms with E-state index in [0.717, 1.165) is 17.3 Å². The first-order valence-electron chi connectivity index (χ1n) is 7.27. The monoisotopic (exact) mass is 463 g/mol. The third kappa shape index (κ3) is 2.77. The van der Waals surface area contributed by atoms with Gasteiger partial charge in [0, 0.05) is 26.0 Å². The standard InChI is InChI=1S/C16H19BrINO2/c1-19-10-4-6-14(19)15(16(20)21-2)11(8-10)9-3-5-12(17)13(18)7-9/h3,5,7,10-11,14-15H,4,6,8H2,1-2H3/t10-,11+,14+,15-/m0/s1. The molecule has 0 spiro atoms. The topological polar surface area (TPSA) is 29.5 Å². The molecule has 3 nitrogen and oxygen atoms in total. The number of piperidine rings is 1. The SMILES string of the molecule is COC(=O)[C@H]1[C@@H](c2ccc(Br)c(I)c2)C[C@@H]2CC[C@H]1N2C. The van der Waals surface area contributed by atoms with Crippen LogP contribution < -0.4 is 0 Å². The highest BCUT2D eigenvalue weighted by molar-refractivity contribution is 14.1. The van der Waals surface area contributed by atoms with Gasteiger partial charge in [-0.05, 0) is 82.5 Å². The molecular formula is C16H19BrINO2. The van der Waals surface area contributed by atoms with Gasteiger partial charge in [0.2, 0.25) is 0 Å². The van der Waals surface area contributed by atoms with Crippen LogP contribution in [-0.4, -0.2) is 37.1 Å². The van der Waals surface area contributed by atoms with Gasteiger partial charge in [0.1, 0.15) is 0 Å². The van der Waals surface area contributed by atoms with E-state index in [1.165, 1.54) is 22.7 Å². The lowest BCUT2D eigenvalue weighted by molar-refractivity contribution is -0.150. The molecule has 0 N–H and O–H groups in total. The van der Waals surface area contributed by atoms with Crippen LogP contribution in [0.3, 0.4) is 0 Å². The summed E-state index contributed by atoms with van der Waals surface area (Å²) in [6.45, 7) is 0. The summed E-state index contributed by atoms with van der Waals surface area (Å²) in [4.78, 5) is 14.8. The van der Waals surface area contributed by atoms with E-state index in [1.54, 1.807) is 0 Å². The van der Waals surface area contributed by atoms with Crippen LogP contribution in [0.2, 0.25) is 0 Å². The smallest absolute Gasteiger partial charge is 0.310 e. The highest BCUT2D eigenvalue weighted by Crippen LogP contribution is 2.47. The lowest BCUT2D eigenvalue weighted by atomic mass is 9.76. The number of fused-ring (bicyclic) bond motifs is 2. The molecule has 0 aromatic heterocycles. The van der Waals surface area contributed by atoms with E-state index < -0.39 is 0 Å². The van der Waals surface area contributed by atoms with Crippen molar-refractivity contribution in [3.63, 3.8) is 0 Å². The van der Waals surface area contributed by atoms with E-state index >= 15 is 0 Å². The van der Waals surface area contributed by atoms with Crippen molar-refractivity contribution in [1.82, 2.24) is 4.90 Å². The van der Waals surface area contributed by atoms with Crippen molar-refractivity contribution < 1.29 is 9.53 Å². The normalized spacial score (nSPS) is 32.2. The summed E-state index contributed by atoms with van der Waals surface area (Å²) in [5, 5.41) is 0. The first-order chi connectivity index (χ1) is 10.0. The molecule has 0 amide bonds. The molecule has 21 heavy (non-hydrogen) atoms. The Hall–Kier alpha value is -0.140. The van der Waals surface area contributed by atoms with Crippen molar-refractivity contribution in [3.8, 4) is 0 Å². The van der Waals surface area contributed by atoms with Gasteiger partial charge < -0.3 is 4.74 Å². The fourth-order valence-corrected chi connectivity index (χ4v) is 4.80. The van der Waals surface area contributed by atoms with Crippen LogP contribution in [0.25, 0.3) is 0 Å². The number of rotatable bonds is 2. The zero-order valence-corrected chi connectivity index (χ0v) is 15.9. The Morgan fingerprint density at radius 2 is 2.19 bits per heavy atom. The lowest BCUT2D eigenvalue weighted by Crippen LogP contribution is -2.49. The van der Waals surface area contributed by atoms with Gasteiger partial charge in [-0.15, -0.1) is 0 Å². The zero-order chi connectivity index (χ0) is 15.1. The van der Waals surface area contributed by atoms with Crippen LogP contribution in [0, 0.1) is 9.49 Å². The highest BCUT2D eigenvalue weighted by Gasteiger charge is 2.49. The number of esters is 1. The second-order valence-corrected chi connectivity index (χ2v) is 8.05. The van der Waals surface area contributed by atoms with Crippen LogP contribution in [0.5, 0.6) is 0 Å². The van der Waals surface area contributed by atoms with Gasteiger partial charge in [0.25, 0.3) is 0 Å². The Kier molecular flexibility index (Phi) is 4.62. The molecule has 2 saturated heterocycles. The number of carbonyl (C=O) groups is 1. The Balaban J connectivity index is 1.98. The number of nitrogens with zero attached hydrogens (tertiary/aromatic N) is 1. The third-order valence-corrected chi connectivity index (χ3v) is 7.44. The minimum atomic E-state index is -0.0601. The predicted octanol–water partition coefficient (Wildman–Crippen LogP) is 3.79. The molecule has 2 fully saturated rings. The molecule has 4 atom stereocenters. The molecule has 2 bridgehead atoms. The number of carbonyl (C=O) groups excluding carboxylic acids is 1. The van der Waals surface area contributed by atoms with E-state index in [-0.39, 0.29) is 17.8 Å². The average molecular weight is 464 g/mol. The maximum atomic E-state index is 12.4. The van der Waals surface area contributed by atoms with Gasteiger partial charge in [0.05, 0.1) is 13.0 Å². The summed E-state index contributed by atoms with van der Waals surface area (Å²) in [7, 11) is 3.66. The summed E-state index contributed by atoms with van der Waals surface area (Å²) in [6.07, 6.45) is 3.34. The van der Waals surface area contributed by atoms with Crippen molar-refractivity contribution in [3.05, 3.63) is 31.8 Å². The second kappa shape index (κ2) is 6.16. The van der Waals surface area contributed by atoms with Gasteiger partial charge in [-0.3, -0.25) is 9.69 Å². The summed E-state index contributed by atoms with van der Waals surface area (Å²) < 4.78 is 7.42. The molecule has 0 radical (unpaired) electrons. The Morgan fingerprint density at radius 3 is 2.86 bits per heavy atom. The fraction of sp³-hybridized carbons (Fsp3) is 0.562. The number of ether oxygens (including phenoxy) is 1. The first kappa shape index (κ1) is 15.7. The van der Waals surface area contributed by atoms with Gasteiger partial charge in [-0.2, -0.15) is 0 Å². The molecule has 1 aromatic carbocycles. The molecule has 114 valence electrons. The van der Waals surface area contributed by atoms with Crippen molar-refractivity contribution in [2.45, 2.75) is 37.3 Å². The summed E-state index contributed by atoms with van der Waals surface area (Å²) >= 11 is 5.89. The second-order valence-electron chi connectivity index (χ2n) is 6.03. The van der Waals surface area contributed by atoms with Gasteiger partial charge in [0.15, 0.2) is 0 Å². The molecular weight excluding hydrogens is 445 g/mol. The van der Waals surface area contributed by atoms with Gasteiger partial charge in [-0.1, -0.05) is 6.07 Å². The fourth-order valence-electron chi connectivity index (χ4n) is 4.01. The molecule has 0 unspecified atom stereocenters. The highest BCUT2D eigenvalue weighted by atomic mass is 127.